The van der Waals surface area contributed by atoms with E-state index in [-0.39, 0.29) is 24.9 Å². The lowest BCUT2D eigenvalue weighted by Gasteiger charge is -2.27. The van der Waals surface area contributed by atoms with Gasteiger partial charge in [-0.25, -0.2) is 0 Å². The third kappa shape index (κ3) is 2.93. The van der Waals surface area contributed by atoms with Crippen molar-refractivity contribution in [2.45, 2.75) is 12.1 Å². The Hall–Kier alpha value is -2.58. The van der Waals surface area contributed by atoms with Gasteiger partial charge >= 0.3 is 0 Å². The second kappa shape index (κ2) is 6.90. The Morgan fingerprint density at radius 3 is 2.71 bits per heavy atom. The van der Waals surface area contributed by atoms with Gasteiger partial charge in [0.25, 0.3) is 5.69 Å². The summed E-state index contributed by atoms with van der Waals surface area (Å²) < 4.78 is 0. The fraction of sp³-hybridized carbons (Fsp3) is 0.250. The van der Waals surface area contributed by atoms with Gasteiger partial charge < -0.3 is 15.3 Å². The van der Waals surface area contributed by atoms with E-state index in [2.05, 4.69) is 10.3 Å². The summed E-state index contributed by atoms with van der Waals surface area (Å²) in [6.45, 7) is 0.180. The minimum Gasteiger partial charge on any atom is -0.395 e. The third-order valence-corrected chi connectivity index (χ3v) is 4.34. The largest absolute Gasteiger partial charge is 0.395 e. The molecule has 24 heavy (non-hydrogen) atoms. The van der Waals surface area contributed by atoms with Crippen LogP contribution in [0.1, 0.15) is 23.3 Å². The first-order valence-corrected chi connectivity index (χ1v) is 7.86. The number of aliphatic hydroxyl groups is 1. The highest BCUT2D eigenvalue weighted by atomic mass is 32.1. The molecule has 1 aliphatic heterocycles. The summed E-state index contributed by atoms with van der Waals surface area (Å²) in [6.07, 6.45) is 1.67. The van der Waals surface area contributed by atoms with Gasteiger partial charge in [0, 0.05) is 18.8 Å². The molecule has 2 heterocycles. The van der Waals surface area contributed by atoms with Gasteiger partial charge in [0.15, 0.2) is 5.11 Å². The number of β-amino-alcohol motifs (C(OH)–C–C–N with tert-alkyl or cyclic N) is 1. The maximum atomic E-state index is 11.4. The molecule has 1 aromatic heterocycles. The van der Waals surface area contributed by atoms with Gasteiger partial charge in [0.05, 0.1) is 34.9 Å². The number of hydrogen-bond donors (Lipinski definition) is 2. The summed E-state index contributed by atoms with van der Waals surface area (Å²) in [5.74, 6) is 0. The maximum Gasteiger partial charge on any atom is 0.274 e. The quantitative estimate of drug-likeness (QED) is 0.487. The second-order valence-corrected chi connectivity index (χ2v) is 5.75. The first-order valence-electron chi connectivity index (χ1n) is 7.45. The highest BCUT2D eigenvalue weighted by Crippen LogP contribution is 2.41. The fourth-order valence-electron chi connectivity index (χ4n) is 3.00. The molecule has 0 radical (unpaired) electrons. The van der Waals surface area contributed by atoms with E-state index in [0.29, 0.717) is 10.7 Å². The minimum atomic E-state index is -0.416. The van der Waals surface area contributed by atoms with Gasteiger partial charge in [-0.2, -0.15) is 0 Å². The first kappa shape index (κ1) is 16.3. The van der Waals surface area contributed by atoms with Crippen LogP contribution in [-0.2, 0) is 0 Å². The predicted octanol–water partition coefficient (Wildman–Crippen LogP) is 1.95. The lowest BCUT2D eigenvalue weighted by Crippen LogP contribution is -2.32. The predicted molar refractivity (Wildman–Crippen MR) is 92.3 cm³/mol. The van der Waals surface area contributed by atoms with Crippen molar-refractivity contribution < 1.29 is 10.0 Å². The van der Waals surface area contributed by atoms with Gasteiger partial charge in [-0.05, 0) is 30.4 Å². The molecule has 0 saturated carbocycles. The summed E-state index contributed by atoms with van der Waals surface area (Å²) in [5, 5.41) is 24.4. The first-order chi connectivity index (χ1) is 11.6. The van der Waals surface area contributed by atoms with Crippen molar-refractivity contribution in [3.8, 4) is 0 Å². The molecule has 2 atom stereocenters. The molecule has 3 rings (SSSR count). The number of aliphatic hydroxyl groups excluding tert-OH is 1. The standard InChI is InChI=1S/C16H16N4O3S/c21-10-9-19-15(11-5-1-2-7-13(11)20(22)23)14(18-16(19)24)12-6-3-4-8-17-12/h1-8,14-15,21H,9-10H2,(H,18,24)/t14-,15-/m0/s1. The Labute approximate surface area is 144 Å². The van der Waals surface area contributed by atoms with Crippen molar-refractivity contribution in [2.75, 3.05) is 13.2 Å². The van der Waals surface area contributed by atoms with Crippen molar-refractivity contribution in [1.82, 2.24) is 15.2 Å². The van der Waals surface area contributed by atoms with E-state index in [1.165, 1.54) is 6.07 Å². The van der Waals surface area contributed by atoms with Crippen LogP contribution in [-0.4, -0.2) is 38.2 Å². The SMILES string of the molecule is O=[N+]([O-])c1ccccc1[C@H]1[C@H](c2ccccn2)NC(=S)N1CCO. The fourth-order valence-corrected chi connectivity index (χ4v) is 3.33. The Balaban J connectivity index is 2.11. The van der Waals surface area contributed by atoms with E-state index >= 15 is 0 Å². The van der Waals surface area contributed by atoms with Crippen molar-refractivity contribution in [3.63, 3.8) is 0 Å². The molecule has 1 fully saturated rings. The summed E-state index contributed by atoms with van der Waals surface area (Å²) in [6, 6.07) is 11.4. The van der Waals surface area contributed by atoms with Crippen molar-refractivity contribution in [1.29, 1.82) is 0 Å². The zero-order valence-electron chi connectivity index (χ0n) is 12.7. The smallest absolute Gasteiger partial charge is 0.274 e. The maximum absolute atomic E-state index is 11.4. The van der Waals surface area contributed by atoms with E-state index in [0.717, 1.165) is 5.69 Å². The molecule has 124 valence electrons. The Morgan fingerprint density at radius 1 is 1.29 bits per heavy atom. The number of rotatable bonds is 5. The van der Waals surface area contributed by atoms with Crippen LogP contribution in [0, 0.1) is 10.1 Å². The molecule has 0 unspecified atom stereocenters. The monoisotopic (exact) mass is 344 g/mol. The van der Waals surface area contributed by atoms with E-state index in [9.17, 15) is 15.2 Å². The van der Waals surface area contributed by atoms with Gasteiger partial charge in [-0.3, -0.25) is 15.1 Å². The van der Waals surface area contributed by atoms with Crippen LogP contribution in [0.25, 0.3) is 0 Å². The molecule has 0 aliphatic carbocycles. The molecule has 1 aromatic carbocycles. The number of nitrogens with zero attached hydrogens (tertiary/aromatic N) is 3. The molecule has 0 bridgehead atoms. The van der Waals surface area contributed by atoms with Crippen LogP contribution in [0.5, 0.6) is 0 Å². The molecule has 0 amide bonds. The average molecular weight is 344 g/mol. The van der Waals surface area contributed by atoms with Crippen LogP contribution in [0.15, 0.2) is 48.7 Å². The summed E-state index contributed by atoms with van der Waals surface area (Å²) in [4.78, 5) is 17.2. The molecule has 7 nitrogen and oxygen atoms in total. The van der Waals surface area contributed by atoms with E-state index in [1.807, 2.05) is 18.2 Å². The van der Waals surface area contributed by atoms with Crippen molar-refractivity contribution in [3.05, 3.63) is 70.0 Å². The molecule has 2 N–H and O–H groups in total. The zero-order valence-corrected chi connectivity index (χ0v) is 13.5. The van der Waals surface area contributed by atoms with Crippen LogP contribution in [0.2, 0.25) is 0 Å². The normalized spacial score (nSPS) is 20.0. The molecule has 0 spiro atoms. The number of hydrogen-bond acceptors (Lipinski definition) is 5. The van der Waals surface area contributed by atoms with Crippen LogP contribution in [0.4, 0.5) is 5.69 Å². The number of nitro benzene ring substituents is 1. The number of nitrogens with one attached hydrogen (secondary N) is 1. The Morgan fingerprint density at radius 2 is 2.04 bits per heavy atom. The Kier molecular flexibility index (Phi) is 4.68. The average Bonchev–Trinajstić information content (AvgIpc) is 2.92. The number of pyridine rings is 1. The van der Waals surface area contributed by atoms with Crippen molar-refractivity contribution in [2.24, 2.45) is 0 Å². The van der Waals surface area contributed by atoms with Gasteiger partial charge in [0.1, 0.15) is 0 Å². The number of thiocarbonyl (C=S) groups is 1. The van der Waals surface area contributed by atoms with Crippen molar-refractivity contribution >= 4 is 23.0 Å². The zero-order chi connectivity index (χ0) is 17.1. The number of nitro groups is 1. The number of benzene rings is 1. The van der Waals surface area contributed by atoms with Crippen LogP contribution >= 0.6 is 12.2 Å². The molecule has 8 heteroatoms. The second-order valence-electron chi connectivity index (χ2n) is 5.36. The molecule has 1 aliphatic rings. The van der Waals surface area contributed by atoms with E-state index in [4.69, 9.17) is 12.2 Å². The lowest BCUT2D eigenvalue weighted by molar-refractivity contribution is -0.386. The molecular weight excluding hydrogens is 328 g/mol. The highest BCUT2D eigenvalue weighted by Gasteiger charge is 2.42. The number of para-hydroxylation sites is 1. The van der Waals surface area contributed by atoms with Gasteiger partial charge in [-0.15, -0.1) is 0 Å². The lowest BCUT2D eigenvalue weighted by atomic mass is 9.95. The van der Waals surface area contributed by atoms with Gasteiger partial charge in [-0.1, -0.05) is 18.2 Å². The minimum absolute atomic E-state index is 0.0258. The van der Waals surface area contributed by atoms with Crippen LogP contribution in [0.3, 0.4) is 0 Å². The highest BCUT2D eigenvalue weighted by molar-refractivity contribution is 7.80. The van der Waals surface area contributed by atoms with Crippen LogP contribution < -0.4 is 5.32 Å². The number of aromatic nitrogens is 1. The summed E-state index contributed by atoms with van der Waals surface area (Å²) >= 11 is 5.38. The van der Waals surface area contributed by atoms with Gasteiger partial charge in [0.2, 0.25) is 0 Å². The molecule has 2 aromatic rings. The van der Waals surface area contributed by atoms with E-state index in [1.54, 1.807) is 29.3 Å². The summed E-state index contributed by atoms with van der Waals surface area (Å²) in [5.41, 5.74) is 1.31. The Bertz CT molecular complexity index is 756. The summed E-state index contributed by atoms with van der Waals surface area (Å²) in [7, 11) is 0. The topological polar surface area (TPSA) is 91.5 Å². The third-order valence-electron chi connectivity index (χ3n) is 3.99. The molecule has 1 saturated heterocycles. The molecular formula is C16H16N4O3S. The van der Waals surface area contributed by atoms with E-state index < -0.39 is 11.0 Å².